The summed E-state index contributed by atoms with van der Waals surface area (Å²) in [6, 6.07) is 0.518. The molecule has 1 saturated carbocycles. The molecule has 2 heteroatoms. The van der Waals surface area contributed by atoms with Crippen molar-refractivity contribution in [3.8, 4) is 0 Å². The first-order valence-electron chi connectivity index (χ1n) is 6.57. The smallest absolute Gasteiger partial charge is 0.0616 e. The summed E-state index contributed by atoms with van der Waals surface area (Å²) < 4.78 is 0. The monoisotopic (exact) mass is 213 g/mol. The van der Waals surface area contributed by atoms with Crippen molar-refractivity contribution >= 4 is 0 Å². The van der Waals surface area contributed by atoms with E-state index >= 15 is 0 Å². The lowest BCUT2D eigenvalue weighted by Crippen LogP contribution is -2.58. The molecule has 0 aromatic carbocycles. The van der Waals surface area contributed by atoms with Gasteiger partial charge in [0, 0.05) is 11.6 Å². The SMILES string of the molecule is CCC(C)NC1(CO)CCCCC1CC. The number of hydrogen-bond acceptors (Lipinski definition) is 2. The van der Waals surface area contributed by atoms with Crippen molar-refractivity contribution in [2.24, 2.45) is 5.92 Å². The number of rotatable bonds is 5. The molecule has 1 aliphatic rings. The largest absolute Gasteiger partial charge is 0.394 e. The lowest BCUT2D eigenvalue weighted by atomic mass is 9.71. The standard InChI is InChI=1S/C13H27NO/c1-4-11(3)14-13(10-15)9-7-6-8-12(13)5-2/h11-12,14-15H,4-10H2,1-3H3. The molecule has 1 aliphatic carbocycles. The topological polar surface area (TPSA) is 32.3 Å². The molecule has 2 nitrogen and oxygen atoms in total. The van der Waals surface area contributed by atoms with E-state index in [1.807, 2.05) is 0 Å². The molecule has 1 fully saturated rings. The van der Waals surface area contributed by atoms with Gasteiger partial charge in [-0.1, -0.05) is 33.1 Å². The van der Waals surface area contributed by atoms with E-state index in [-0.39, 0.29) is 5.54 Å². The first-order valence-corrected chi connectivity index (χ1v) is 6.57. The van der Waals surface area contributed by atoms with E-state index in [4.69, 9.17) is 0 Å². The van der Waals surface area contributed by atoms with Crippen LogP contribution in [-0.4, -0.2) is 23.3 Å². The molecule has 0 aliphatic heterocycles. The Balaban J connectivity index is 2.69. The van der Waals surface area contributed by atoms with E-state index in [0.29, 0.717) is 18.6 Å². The molecule has 0 aromatic rings. The highest BCUT2D eigenvalue weighted by Gasteiger charge is 2.39. The van der Waals surface area contributed by atoms with Crippen molar-refractivity contribution in [2.75, 3.05) is 6.61 Å². The third-order valence-electron chi connectivity index (χ3n) is 4.13. The maximum atomic E-state index is 9.72. The van der Waals surface area contributed by atoms with Gasteiger partial charge in [0.1, 0.15) is 0 Å². The van der Waals surface area contributed by atoms with E-state index in [0.717, 1.165) is 12.8 Å². The van der Waals surface area contributed by atoms with Crippen LogP contribution in [0.1, 0.15) is 59.3 Å². The van der Waals surface area contributed by atoms with Gasteiger partial charge in [-0.15, -0.1) is 0 Å². The maximum Gasteiger partial charge on any atom is 0.0616 e. The Morgan fingerprint density at radius 3 is 2.67 bits per heavy atom. The second-order valence-electron chi connectivity index (χ2n) is 5.12. The highest BCUT2D eigenvalue weighted by Crippen LogP contribution is 2.36. The van der Waals surface area contributed by atoms with E-state index in [1.165, 1.54) is 25.7 Å². The molecule has 0 bridgehead atoms. The number of aliphatic hydroxyl groups excluding tert-OH is 1. The highest BCUT2D eigenvalue weighted by atomic mass is 16.3. The number of hydrogen-bond donors (Lipinski definition) is 2. The van der Waals surface area contributed by atoms with E-state index in [9.17, 15) is 5.11 Å². The molecule has 1 rings (SSSR count). The predicted octanol–water partition coefficient (Wildman–Crippen LogP) is 2.71. The molecule has 3 atom stereocenters. The first kappa shape index (κ1) is 13.0. The zero-order chi connectivity index (χ0) is 11.3. The lowest BCUT2D eigenvalue weighted by molar-refractivity contribution is 0.0546. The Labute approximate surface area is 94.5 Å². The second kappa shape index (κ2) is 5.86. The van der Waals surface area contributed by atoms with Crippen molar-refractivity contribution in [3.63, 3.8) is 0 Å². The van der Waals surface area contributed by atoms with E-state index < -0.39 is 0 Å². The average Bonchev–Trinajstić information content (AvgIpc) is 2.29. The van der Waals surface area contributed by atoms with Gasteiger partial charge in [-0.2, -0.15) is 0 Å². The van der Waals surface area contributed by atoms with Crippen molar-refractivity contribution in [1.29, 1.82) is 0 Å². The fourth-order valence-corrected chi connectivity index (χ4v) is 2.94. The third kappa shape index (κ3) is 2.94. The fourth-order valence-electron chi connectivity index (χ4n) is 2.94. The molecule has 0 aromatic heterocycles. The summed E-state index contributed by atoms with van der Waals surface area (Å²) in [5.74, 6) is 0.658. The van der Waals surface area contributed by atoms with Crippen LogP contribution < -0.4 is 5.32 Å². The fraction of sp³-hybridized carbons (Fsp3) is 1.00. The third-order valence-corrected chi connectivity index (χ3v) is 4.13. The molecule has 90 valence electrons. The molecule has 15 heavy (non-hydrogen) atoms. The van der Waals surface area contributed by atoms with E-state index in [2.05, 4.69) is 26.1 Å². The molecule has 0 radical (unpaired) electrons. The van der Waals surface area contributed by atoms with Gasteiger partial charge in [-0.05, 0) is 32.1 Å². The minimum atomic E-state index is 0.0163. The van der Waals surface area contributed by atoms with E-state index in [1.54, 1.807) is 0 Å². The maximum absolute atomic E-state index is 9.72. The summed E-state index contributed by atoms with van der Waals surface area (Å²) in [4.78, 5) is 0. The summed E-state index contributed by atoms with van der Waals surface area (Å²) in [7, 11) is 0. The normalized spacial score (nSPS) is 34.0. The second-order valence-corrected chi connectivity index (χ2v) is 5.12. The van der Waals surface area contributed by atoms with Gasteiger partial charge in [0.25, 0.3) is 0 Å². The highest BCUT2D eigenvalue weighted by molar-refractivity contribution is 4.97. The molecular weight excluding hydrogens is 186 g/mol. The van der Waals surface area contributed by atoms with Gasteiger partial charge in [-0.25, -0.2) is 0 Å². The van der Waals surface area contributed by atoms with Crippen LogP contribution >= 0.6 is 0 Å². The minimum Gasteiger partial charge on any atom is -0.394 e. The average molecular weight is 213 g/mol. The zero-order valence-corrected chi connectivity index (χ0v) is 10.6. The van der Waals surface area contributed by atoms with Gasteiger partial charge in [-0.3, -0.25) is 0 Å². The lowest BCUT2D eigenvalue weighted by Gasteiger charge is -2.45. The van der Waals surface area contributed by atoms with Crippen LogP contribution in [0, 0.1) is 5.92 Å². The molecule has 0 amide bonds. The summed E-state index contributed by atoms with van der Waals surface area (Å²) in [6.45, 7) is 6.97. The minimum absolute atomic E-state index is 0.0163. The van der Waals surface area contributed by atoms with Gasteiger partial charge < -0.3 is 10.4 Å². The molecular formula is C13H27NO. The van der Waals surface area contributed by atoms with Gasteiger partial charge >= 0.3 is 0 Å². The van der Waals surface area contributed by atoms with Crippen LogP contribution in [0.25, 0.3) is 0 Å². The molecule has 0 heterocycles. The number of nitrogens with one attached hydrogen (secondary N) is 1. The Hall–Kier alpha value is -0.0800. The summed E-state index contributed by atoms with van der Waals surface area (Å²) in [5, 5.41) is 13.4. The molecule has 3 unspecified atom stereocenters. The first-order chi connectivity index (χ1) is 7.18. The summed E-state index contributed by atoms with van der Waals surface area (Å²) >= 11 is 0. The van der Waals surface area contributed by atoms with Crippen molar-refractivity contribution in [2.45, 2.75) is 70.9 Å². The van der Waals surface area contributed by atoms with Crippen LogP contribution in [0.15, 0.2) is 0 Å². The van der Waals surface area contributed by atoms with Crippen LogP contribution in [0.3, 0.4) is 0 Å². The zero-order valence-electron chi connectivity index (χ0n) is 10.6. The number of aliphatic hydroxyl groups is 1. The summed E-state index contributed by atoms with van der Waals surface area (Å²) in [6.07, 6.45) is 7.35. The van der Waals surface area contributed by atoms with Gasteiger partial charge in [0.2, 0.25) is 0 Å². The van der Waals surface area contributed by atoms with Crippen molar-refractivity contribution in [3.05, 3.63) is 0 Å². The Kier molecular flexibility index (Phi) is 5.07. The predicted molar refractivity (Wildman–Crippen MR) is 65.0 cm³/mol. The van der Waals surface area contributed by atoms with Crippen molar-refractivity contribution in [1.82, 2.24) is 5.32 Å². The Morgan fingerprint density at radius 1 is 1.40 bits per heavy atom. The van der Waals surface area contributed by atoms with Gasteiger partial charge in [0.05, 0.1) is 6.61 Å². The van der Waals surface area contributed by atoms with Crippen LogP contribution in [-0.2, 0) is 0 Å². The quantitative estimate of drug-likeness (QED) is 0.736. The Morgan fingerprint density at radius 2 is 2.13 bits per heavy atom. The van der Waals surface area contributed by atoms with Crippen LogP contribution in [0.2, 0.25) is 0 Å². The van der Waals surface area contributed by atoms with Gasteiger partial charge in [0.15, 0.2) is 0 Å². The van der Waals surface area contributed by atoms with Crippen molar-refractivity contribution < 1.29 is 5.11 Å². The Bertz CT molecular complexity index is 183. The summed E-state index contributed by atoms with van der Waals surface area (Å²) in [5.41, 5.74) is 0.0163. The molecule has 2 N–H and O–H groups in total. The van der Waals surface area contributed by atoms with Crippen LogP contribution in [0.4, 0.5) is 0 Å². The molecule has 0 spiro atoms. The molecule has 0 saturated heterocycles. The van der Waals surface area contributed by atoms with Crippen LogP contribution in [0.5, 0.6) is 0 Å².